The predicted molar refractivity (Wildman–Crippen MR) is 175 cm³/mol. The van der Waals surface area contributed by atoms with E-state index in [2.05, 4.69) is 109 Å². The molecule has 1 atom stereocenters. The van der Waals surface area contributed by atoms with Crippen molar-refractivity contribution in [2.45, 2.75) is 86.0 Å². The Morgan fingerprint density at radius 1 is 0.925 bits per heavy atom. The molecule has 0 heteroatoms. The maximum absolute atomic E-state index is 4.28. The topological polar surface area (TPSA) is 0 Å². The molecule has 0 spiro atoms. The zero-order valence-corrected chi connectivity index (χ0v) is 25.5. The van der Waals surface area contributed by atoms with Crippen LogP contribution in [0.4, 0.5) is 0 Å². The van der Waals surface area contributed by atoms with E-state index < -0.39 is 0 Å². The Kier molecular flexibility index (Phi) is 7.24. The van der Waals surface area contributed by atoms with Crippen molar-refractivity contribution in [3.8, 4) is 11.1 Å². The molecule has 1 saturated carbocycles. The highest BCUT2D eigenvalue weighted by Crippen LogP contribution is 2.48. The summed E-state index contributed by atoms with van der Waals surface area (Å²) in [4.78, 5) is 0. The Balaban J connectivity index is 1.35. The molecule has 0 aromatic heterocycles. The fourth-order valence-electron chi connectivity index (χ4n) is 7.77. The lowest BCUT2D eigenvalue weighted by Crippen LogP contribution is -2.19. The monoisotopic (exact) mass is 526 g/mol. The maximum Gasteiger partial charge on any atom is 0.000174 e. The van der Waals surface area contributed by atoms with E-state index in [1.807, 2.05) is 0 Å². The quantitative estimate of drug-likeness (QED) is 0.280. The van der Waals surface area contributed by atoms with Gasteiger partial charge in [-0.15, -0.1) is 0 Å². The third-order valence-electron chi connectivity index (χ3n) is 10.1. The smallest absolute Gasteiger partial charge is 0.000174 e. The zero-order valence-electron chi connectivity index (χ0n) is 25.5. The Morgan fingerprint density at radius 2 is 1.62 bits per heavy atom. The number of hydrogen-bond donors (Lipinski definition) is 0. The highest BCUT2D eigenvalue weighted by Gasteiger charge is 2.31. The Labute approximate surface area is 242 Å². The van der Waals surface area contributed by atoms with E-state index in [0.29, 0.717) is 5.92 Å². The fraction of sp³-hybridized carbons (Fsp3) is 0.400. The minimum Gasteiger partial charge on any atom is -0.0998 e. The summed E-state index contributed by atoms with van der Waals surface area (Å²) >= 11 is 0. The summed E-state index contributed by atoms with van der Waals surface area (Å²) in [6, 6.07) is 18.9. The van der Waals surface area contributed by atoms with Crippen LogP contribution in [0, 0.1) is 31.6 Å². The molecule has 0 nitrogen and oxygen atoms in total. The number of hydrogen-bond acceptors (Lipinski definition) is 0. The maximum atomic E-state index is 4.28. The van der Waals surface area contributed by atoms with Crippen LogP contribution in [0.3, 0.4) is 0 Å². The highest BCUT2D eigenvalue weighted by atomic mass is 14.4. The molecule has 3 aliphatic carbocycles. The van der Waals surface area contributed by atoms with Crippen molar-refractivity contribution in [1.29, 1.82) is 0 Å². The molecule has 3 aromatic rings. The predicted octanol–water partition coefficient (Wildman–Crippen LogP) is 11.1. The molecule has 0 amide bonds. The molecular weight excluding hydrogens is 480 g/mol. The molecule has 0 saturated heterocycles. The van der Waals surface area contributed by atoms with E-state index in [4.69, 9.17) is 0 Å². The van der Waals surface area contributed by atoms with Crippen LogP contribution >= 0.6 is 0 Å². The van der Waals surface area contributed by atoms with Crippen LogP contribution in [0.25, 0.3) is 28.3 Å². The normalized spacial score (nSPS) is 21.7. The molecule has 3 aromatic carbocycles. The molecule has 0 aliphatic heterocycles. The van der Waals surface area contributed by atoms with Gasteiger partial charge < -0.3 is 0 Å². The molecule has 3 aliphatic rings. The molecule has 1 unspecified atom stereocenters. The van der Waals surface area contributed by atoms with Crippen LogP contribution in [0.15, 0.2) is 66.8 Å². The van der Waals surface area contributed by atoms with Gasteiger partial charge >= 0.3 is 0 Å². The van der Waals surface area contributed by atoms with Gasteiger partial charge in [-0.25, -0.2) is 0 Å². The van der Waals surface area contributed by atoms with Gasteiger partial charge in [-0.2, -0.15) is 0 Å². The summed E-state index contributed by atoms with van der Waals surface area (Å²) in [5, 5.41) is 0. The average Bonchev–Trinajstić information content (AvgIpc) is 3.50. The minimum atomic E-state index is 0.525. The van der Waals surface area contributed by atoms with Crippen LogP contribution in [-0.4, -0.2) is 0 Å². The standard InChI is InChI=1S/C40H46/c1-24(2)18-36-27(6)19-34-21-33(23-38(34)40(36)31-10-8-26(5)9-11-31)32-16-17-35-28(7)20-37(39(35)22-32)30-14-12-29(13-15-30)25(3)4/h8-11,16-17,19-22,25,28-30H,1,12-15,18,23H2,2-7H3. The van der Waals surface area contributed by atoms with Gasteiger partial charge in [0, 0.05) is 5.92 Å². The Morgan fingerprint density at radius 3 is 2.30 bits per heavy atom. The van der Waals surface area contributed by atoms with E-state index in [9.17, 15) is 0 Å². The molecule has 0 N–H and O–H groups in total. The Bertz CT molecular complexity index is 1510. The zero-order chi connectivity index (χ0) is 28.1. The summed E-state index contributed by atoms with van der Waals surface area (Å²) in [5.74, 6) is 2.97. The SMILES string of the molecule is C=C(C)Cc1c(C)cc2c(c1-c1ccc(C)cc1)CC(c1ccc3c(c1)C(C1CCC(C(C)C)CC1)=CC3C)=C2. The molecule has 0 radical (unpaired) electrons. The van der Waals surface area contributed by atoms with E-state index in [0.717, 1.165) is 30.6 Å². The second-order valence-corrected chi connectivity index (χ2v) is 13.5. The van der Waals surface area contributed by atoms with E-state index in [1.54, 1.807) is 5.57 Å². The summed E-state index contributed by atoms with van der Waals surface area (Å²) < 4.78 is 0. The molecular formula is C40H46. The number of aryl methyl sites for hydroxylation is 2. The van der Waals surface area contributed by atoms with Gasteiger partial charge in [0.15, 0.2) is 0 Å². The second-order valence-electron chi connectivity index (χ2n) is 13.5. The van der Waals surface area contributed by atoms with E-state index >= 15 is 0 Å². The van der Waals surface area contributed by atoms with Gasteiger partial charge in [0.25, 0.3) is 0 Å². The highest BCUT2D eigenvalue weighted by molar-refractivity contribution is 5.94. The number of benzene rings is 3. The van der Waals surface area contributed by atoms with Crippen molar-refractivity contribution in [2.24, 2.45) is 17.8 Å². The summed E-state index contributed by atoms with van der Waals surface area (Å²) in [6.07, 6.45) is 12.5. The lowest BCUT2D eigenvalue weighted by molar-refractivity contribution is 0.252. The van der Waals surface area contributed by atoms with Gasteiger partial charge in [0.05, 0.1) is 0 Å². The van der Waals surface area contributed by atoms with Gasteiger partial charge in [0.1, 0.15) is 0 Å². The van der Waals surface area contributed by atoms with Crippen molar-refractivity contribution < 1.29 is 0 Å². The molecule has 40 heavy (non-hydrogen) atoms. The van der Waals surface area contributed by atoms with Gasteiger partial charge in [0.2, 0.25) is 0 Å². The first-order valence-corrected chi connectivity index (χ1v) is 15.6. The van der Waals surface area contributed by atoms with Crippen LogP contribution in [0.1, 0.15) is 104 Å². The lowest BCUT2D eigenvalue weighted by Gasteiger charge is -2.32. The first-order chi connectivity index (χ1) is 19.2. The van der Waals surface area contributed by atoms with Crippen LogP contribution < -0.4 is 0 Å². The van der Waals surface area contributed by atoms with E-state index in [-0.39, 0.29) is 0 Å². The lowest BCUT2D eigenvalue weighted by atomic mass is 9.73. The third kappa shape index (κ3) is 4.96. The first-order valence-electron chi connectivity index (χ1n) is 15.6. The fourth-order valence-corrected chi connectivity index (χ4v) is 7.77. The molecule has 206 valence electrons. The minimum absolute atomic E-state index is 0.525. The Hall–Kier alpha value is -3.12. The van der Waals surface area contributed by atoms with Crippen LogP contribution in [0.5, 0.6) is 0 Å². The molecule has 0 bridgehead atoms. The number of allylic oxidation sites excluding steroid dienone is 4. The summed E-state index contributed by atoms with van der Waals surface area (Å²) in [5.41, 5.74) is 18.6. The van der Waals surface area contributed by atoms with Gasteiger partial charge in [-0.1, -0.05) is 93.1 Å². The molecule has 6 rings (SSSR count). The first kappa shape index (κ1) is 27.1. The number of fused-ring (bicyclic) bond motifs is 2. The van der Waals surface area contributed by atoms with Crippen LogP contribution in [0.2, 0.25) is 0 Å². The van der Waals surface area contributed by atoms with Crippen molar-refractivity contribution in [1.82, 2.24) is 0 Å². The summed E-state index contributed by atoms with van der Waals surface area (Å²) in [6.45, 7) is 18.1. The van der Waals surface area contributed by atoms with Gasteiger partial charge in [-0.05, 0) is 144 Å². The molecule has 0 heterocycles. The van der Waals surface area contributed by atoms with E-state index in [1.165, 1.54) is 92.5 Å². The van der Waals surface area contributed by atoms with Crippen molar-refractivity contribution in [3.05, 3.63) is 111 Å². The van der Waals surface area contributed by atoms with Crippen molar-refractivity contribution in [3.63, 3.8) is 0 Å². The molecule has 1 fully saturated rings. The number of rotatable bonds is 6. The van der Waals surface area contributed by atoms with Crippen LogP contribution in [-0.2, 0) is 12.8 Å². The second kappa shape index (κ2) is 10.7. The van der Waals surface area contributed by atoms with Gasteiger partial charge in [-0.3, -0.25) is 0 Å². The average molecular weight is 527 g/mol. The van der Waals surface area contributed by atoms with Crippen molar-refractivity contribution in [2.75, 3.05) is 0 Å². The summed E-state index contributed by atoms with van der Waals surface area (Å²) in [7, 11) is 0. The largest absolute Gasteiger partial charge is 0.0998 e. The third-order valence-corrected chi connectivity index (χ3v) is 10.1. The van der Waals surface area contributed by atoms with Crippen molar-refractivity contribution >= 4 is 17.2 Å².